The zero-order valence-corrected chi connectivity index (χ0v) is 13.1. The molecule has 0 aromatic rings. The van der Waals surface area contributed by atoms with Crippen molar-refractivity contribution in [2.45, 2.75) is 52.9 Å². The molecule has 0 bridgehead atoms. The van der Waals surface area contributed by atoms with Crippen molar-refractivity contribution in [3.8, 4) is 0 Å². The Bertz CT molecular complexity index is 124. The minimum atomic E-state index is 1.31. The van der Waals surface area contributed by atoms with Crippen LogP contribution in [0.1, 0.15) is 52.9 Å². The molecule has 0 aliphatic heterocycles. The molecule has 15 heavy (non-hydrogen) atoms. The number of halogens is 1. The topological polar surface area (TPSA) is 0 Å². The van der Waals surface area contributed by atoms with Gasteiger partial charge in [0.25, 0.3) is 0 Å². The van der Waals surface area contributed by atoms with Crippen molar-refractivity contribution in [3.05, 3.63) is 0 Å². The largest absolute Gasteiger partial charge is 0.324 e. The van der Waals surface area contributed by atoms with E-state index in [0.29, 0.717) is 0 Å². The minimum absolute atomic E-state index is 1.31. The van der Waals surface area contributed by atoms with Gasteiger partial charge in [0.15, 0.2) is 0 Å². The van der Waals surface area contributed by atoms with Crippen molar-refractivity contribution in [2.75, 3.05) is 30.6 Å². The average molecular weight is 326 g/mol. The predicted molar refractivity (Wildman–Crippen MR) is 78.7 cm³/mol. The fourth-order valence-corrected chi connectivity index (χ4v) is 2.76. The van der Waals surface area contributed by atoms with Gasteiger partial charge in [-0.05, 0) is 44.5 Å². The zero-order chi connectivity index (χ0) is 11.6. The van der Waals surface area contributed by atoms with Crippen LogP contribution < -0.4 is 0 Å². The van der Waals surface area contributed by atoms with Gasteiger partial charge >= 0.3 is 0 Å². The van der Waals surface area contributed by atoms with Crippen LogP contribution in [0, 0.1) is 0 Å². The van der Waals surface area contributed by atoms with E-state index >= 15 is 0 Å². The zero-order valence-electron chi connectivity index (χ0n) is 10.9. The summed E-state index contributed by atoms with van der Waals surface area (Å²) in [5.41, 5.74) is 0. The number of hydrogen-bond donors (Lipinski definition) is 0. The molecule has 0 rings (SSSR count). The van der Waals surface area contributed by atoms with Crippen LogP contribution in [0.3, 0.4) is 0 Å². The first-order valence-electron chi connectivity index (χ1n) is 6.65. The Balaban J connectivity index is 3.54. The second-order valence-corrected chi connectivity index (χ2v) is 5.55. The van der Waals surface area contributed by atoms with E-state index in [1.165, 1.54) is 67.2 Å². The number of rotatable bonds is 10. The van der Waals surface area contributed by atoms with Gasteiger partial charge in [-0.15, -0.1) is 0 Å². The summed E-state index contributed by atoms with van der Waals surface area (Å²) in [5, 5.41) is 0. The Hall–Kier alpha value is 0.690. The van der Waals surface area contributed by atoms with E-state index in [4.69, 9.17) is 0 Å². The molecule has 0 spiro atoms. The van der Waals surface area contributed by atoms with Gasteiger partial charge in [-0.3, -0.25) is 0 Å². The molecular weight excluding hydrogens is 297 g/mol. The molecule has 0 aromatic carbocycles. The molecule has 0 saturated heterocycles. The molecule has 0 unspecified atom stereocenters. The van der Waals surface area contributed by atoms with Crippen molar-refractivity contribution >= 4 is 22.6 Å². The third-order valence-electron chi connectivity index (χ3n) is 3.78. The Morgan fingerprint density at radius 1 is 0.733 bits per heavy atom. The summed E-state index contributed by atoms with van der Waals surface area (Å²) < 4.78 is 2.66. The normalized spacial score (nSPS) is 12.0. The van der Waals surface area contributed by atoms with Gasteiger partial charge in [0.2, 0.25) is 0 Å². The quantitative estimate of drug-likeness (QED) is 0.244. The lowest BCUT2D eigenvalue weighted by molar-refractivity contribution is -0.923. The Labute approximate surface area is 110 Å². The maximum Gasteiger partial charge on any atom is 0.0786 e. The van der Waals surface area contributed by atoms with Gasteiger partial charge in [0, 0.05) is 0 Å². The molecule has 0 N–H and O–H groups in total. The third-order valence-corrected chi connectivity index (χ3v) is 4.54. The lowest BCUT2D eigenvalue weighted by atomic mass is 10.1. The van der Waals surface area contributed by atoms with Crippen LogP contribution in [-0.4, -0.2) is 35.1 Å². The highest BCUT2D eigenvalue weighted by Gasteiger charge is 2.19. The van der Waals surface area contributed by atoms with Crippen LogP contribution in [-0.2, 0) is 0 Å². The monoisotopic (exact) mass is 326 g/mol. The molecule has 0 fully saturated rings. The van der Waals surface area contributed by atoms with Gasteiger partial charge < -0.3 is 4.48 Å². The Morgan fingerprint density at radius 2 is 1.20 bits per heavy atom. The van der Waals surface area contributed by atoms with E-state index in [2.05, 4.69) is 43.4 Å². The number of unbranched alkanes of at least 4 members (excludes halogenated alkanes) is 4. The minimum Gasteiger partial charge on any atom is -0.324 e. The lowest BCUT2D eigenvalue weighted by Crippen LogP contribution is -2.48. The van der Waals surface area contributed by atoms with Crippen LogP contribution in [0.25, 0.3) is 0 Å². The van der Waals surface area contributed by atoms with Crippen molar-refractivity contribution in [1.82, 2.24) is 0 Å². The van der Waals surface area contributed by atoms with E-state index in [1.54, 1.807) is 0 Å². The lowest BCUT2D eigenvalue weighted by Gasteiger charge is -2.35. The van der Waals surface area contributed by atoms with Gasteiger partial charge in [-0.25, -0.2) is 0 Å². The SMILES string of the molecule is CC[N+](CC)(CC)CCCCCCCI. The molecule has 0 heterocycles. The standard InChI is InChI=1S/C13H29IN/c1-4-15(5-2,6-3)13-11-9-7-8-10-12-14/h4-13H2,1-3H3/q+1. The molecule has 2 heteroatoms. The summed E-state index contributed by atoms with van der Waals surface area (Å²) in [6.07, 6.45) is 7.16. The van der Waals surface area contributed by atoms with E-state index in [9.17, 15) is 0 Å². The van der Waals surface area contributed by atoms with Crippen LogP contribution in [0.2, 0.25) is 0 Å². The van der Waals surface area contributed by atoms with Gasteiger partial charge in [-0.1, -0.05) is 35.4 Å². The molecule has 1 nitrogen and oxygen atoms in total. The number of nitrogens with zero attached hydrogens (tertiary/aromatic N) is 1. The number of quaternary nitrogens is 1. The van der Waals surface area contributed by atoms with Crippen LogP contribution in [0.5, 0.6) is 0 Å². The van der Waals surface area contributed by atoms with Crippen LogP contribution >= 0.6 is 22.6 Å². The molecule has 0 saturated carbocycles. The highest BCUT2D eigenvalue weighted by molar-refractivity contribution is 14.1. The van der Waals surface area contributed by atoms with Crippen molar-refractivity contribution in [1.29, 1.82) is 0 Å². The first-order chi connectivity index (χ1) is 7.24. The number of hydrogen-bond acceptors (Lipinski definition) is 0. The molecule has 0 aliphatic carbocycles. The maximum absolute atomic E-state index is 2.48. The molecule has 0 aliphatic rings. The molecular formula is C13H29IN+. The summed E-state index contributed by atoms with van der Waals surface area (Å²) in [4.78, 5) is 0. The van der Waals surface area contributed by atoms with Gasteiger partial charge in [-0.2, -0.15) is 0 Å². The number of alkyl halides is 1. The van der Waals surface area contributed by atoms with E-state index in [-0.39, 0.29) is 0 Å². The summed E-state index contributed by atoms with van der Waals surface area (Å²) in [6.45, 7) is 12.3. The summed E-state index contributed by atoms with van der Waals surface area (Å²) in [5.74, 6) is 0. The molecule has 0 radical (unpaired) electrons. The molecule has 0 aromatic heterocycles. The molecule has 0 atom stereocenters. The van der Waals surface area contributed by atoms with Gasteiger partial charge in [0.05, 0.1) is 26.2 Å². The van der Waals surface area contributed by atoms with E-state index < -0.39 is 0 Å². The smallest absolute Gasteiger partial charge is 0.0786 e. The summed E-state index contributed by atoms with van der Waals surface area (Å²) >= 11 is 2.48. The van der Waals surface area contributed by atoms with E-state index in [1.807, 2.05) is 0 Å². The molecule has 92 valence electrons. The first-order valence-corrected chi connectivity index (χ1v) is 8.18. The van der Waals surface area contributed by atoms with E-state index in [0.717, 1.165) is 0 Å². The second-order valence-electron chi connectivity index (χ2n) is 4.47. The fourth-order valence-electron chi connectivity index (χ4n) is 2.22. The van der Waals surface area contributed by atoms with Crippen molar-refractivity contribution in [2.24, 2.45) is 0 Å². The first kappa shape index (κ1) is 15.7. The Kier molecular flexibility index (Phi) is 10.3. The maximum atomic E-state index is 2.48. The molecule has 0 amide bonds. The average Bonchev–Trinajstić information content (AvgIpc) is 2.29. The second kappa shape index (κ2) is 9.88. The predicted octanol–water partition coefficient (Wildman–Crippen LogP) is 4.25. The Morgan fingerprint density at radius 3 is 1.67 bits per heavy atom. The third kappa shape index (κ3) is 6.77. The fraction of sp³-hybridized carbons (Fsp3) is 1.00. The van der Waals surface area contributed by atoms with Gasteiger partial charge in [0.1, 0.15) is 0 Å². The van der Waals surface area contributed by atoms with Crippen molar-refractivity contribution in [3.63, 3.8) is 0 Å². The van der Waals surface area contributed by atoms with Crippen LogP contribution in [0.15, 0.2) is 0 Å². The van der Waals surface area contributed by atoms with Crippen LogP contribution in [0.4, 0.5) is 0 Å². The highest BCUT2D eigenvalue weighted by Crippen LogP contribution is 2.11. The highest BCUT2D eigenvalue weighted by atomic mass is 127. The summed E-state index contributed by atoms with van der Waals surface area (Å²) in [6, 6.07) is 0. The summed E-state index contributed by atoms with van der Waals surface area (Å²) in [7, 11) is 0. The van der Waals surface area contributed by atoms with Crippen molar-refractivity contribution < 1.29 is 4.48 Å².